The van der Waals surface area contributed by atoms with Crippen molar-refractivity contribution in [3.63, 3.8) is 0 Å². The normalized spacial score (nSPS) is 31.6. The quantitative estimate of drug-likeness (QED) is 0.592. The van der Waals surface area contributed by atoms with E-state index in [9.17, 15) is 4.79 Å². The van der Waals surface area contributed by atoms with Crippen molar-refractivity contribution in [2.45, 2.75) is 18.2 Å². The summed E-state index contributed by atoms with van der Waals surface area (Å²) in [7, 11) is 0. The van der Waals surface area contributed by atoms with Crippen LogP contribution in [0.4, 0.5) is 0 Å². The van der Waals surface area contributed by atoms with Gasteiger partial charge in [-0.15, -0.1) is 0 Å². The van der Waals surface area contributed by atoms with E-state index in [2.05, 4.69) is 49.3 Å². The number of piperazine rings is 1. The molecule has 5 nitrogen and oxygen atoms in total. The van der Waals surface area contributed by atoms with E-state index in [4.69, 9.17) is 0 Å². The highest BCUT2D eigenvalue weighted by molar-refractivity contribution is 9.10. The maximum atomic E-state index is 11.7. The number of nitrogens with one attached hydrogen (secondary N) is 4. The van der Waals surface area contributed by atoms with E-state index < -0.39 is 0 Å². The van der Waals surface area contributed by atoms with Crippen LogP contribution in [0.25, 0.3) is 0 Å². The summed E-state index contributed by atoms with van der Waals surface area (Å²) in [6.45, 7) is 1.26. The lowest BCUT2D eigenvalue weighted by atomic mass is 10.0. The van der Waals surface area contributed by atoms with Gasteiger partial charge in [0.2, 0.25) is 5.91 Å². The van der Waals surface area contributed by atoms with Crippen LogP contribution in [0, 0.1) is 0 Å². The van der Waals surface area contributed by atoms with Gasteiger partial charge in [0.25, 0.3) is 0 Å². The molecule has 2 aliphatic rings. The number of halogens is 1. The summed E-state index contributed by atoms with van der Waals surface area (Å²) in [6.07, 6.45) is -0.0128. The van der Waals surface area contributed by atoms with Gasteiger partial charge in [-0.2, -0.15) is 0 Å². The molecule has 0 bridgehead atoms. The lowest BCUT2D eigenvalue weighted by Gasteiger charge is -2.41. The molecule has 1 amide bonds. The average Bonchev–Trinajstić information content (AvgIpc) is 2.39. The first-order valence-electron chi connectivity index (χ1n) is 6.00. The zero-order chi connectivity index (χ0) is 12.5. The van der Waals surface area contributed by atoms with Crippen LogP contribution >= 0.6 is 15.9 Å². The third-order valence-electron chi connectivity index (χ3n) is 3.40. The molecule has 3 atom stereocenters. The highest BCUT2D eigenvalue weighted by Gasteiger charge is 2.36. The molecule has 2 heterocycles. The van der Waals surface area contributed by atoms with E-state index in [1.54, 1.807) is 0 Å². The Balaban J connectivity index is 1.73. The van der Waals surface area contributed by atoms with Crippen LogP contribution < -0.4 is 21.3 Å². The number of rotatable bonds is 1. The number of fused-ring (bicyclic) bond motifs is 1. The van der Waals surface area contributed by atoms with Crippen molar-refractivity contribution in [3.05, 3.63) is 34.3 Å². The number of carbonyl (C=O) groups is 1. The zero-order valence-electron chi connectivity index (χ0n) is 9.74. The van der Waals surface area contributed by atoms with Crippen LogP contribution in [0.1, 0.15) is 11.6 Å². The molecule has 2 saturated heterocycles. The molecule has 0 spiro atoms. The maximum Gasteiger partial charge on any atom is 0.241 e. The molecule has 96 valence electrons. The minimum absolute atomic E-state index is 0.0128. The smallest absolute Gasteiger partial charge is 0.241 e. The fourth-order valence-electron chi connectivity index (χ4n) is 2.42. The van der Waals surface area contributed by atoms with Crippen LogP contribution in [0.15, 0.2) is 28.7 Å². The Morgan fingerprint density at radius 2 is 1.94 bits per heavy atom. The van der Waals surface area contributed by atoms with Crippen LogP contribution in [-0.4, -0.2) is 31.3 Å². The first-order chi connectivity index (χ1) is 8.74. The van der Waals surface area contributed by atoms with E-state index >= 15 is 0 Å². The standard InChI is InChI=1S/C12H15BrN4O/c13-8-3-1-7(2-4-8)9-5-14-10-11(17-9)15-6-16-12(10)18/h1-4,9-11,14-15,17H,5-6H2,(H,16,18). The number of benzene rings is 1. The Kier molecular flexibility index (Phi) is 3.34. The SMILES string of the molecule is O=C1NCNC2NC(c3ccc(Br)cc3)CNC12. The second-order valence-electron chi connectivity index (χ2n) is 4.56. The third-order valence-corrected chi connectivity index (χ3v) is 3.92. The van der Waals surface area contributed by atoms with Crippen LogP contribution in [0.2, 0.25) is 0 Å². The molecule has 3 rings (SSSR count). The maximum absolute atomic E-state index is 11.7. The summed E-state index contributed by atoms with van der Waals surface area (Å²) < 4.78 is 1.07. The molecule has 4 N–H and O–H groups in total. The van der Waals surface area contributed by atoms with Gasteiger partial charge in [0.15, 0.2) is 0 Å². The molecule has 3 unspecified atom stereocenters. The van der Waals surface area contributed by atoms with E-state index in [1.165, 1.54) is 5.56 Å². The molecule has 1 aromatic carbocycles. The Labute approximate surface area is 114 Å². The molecular formula is C12H15BrN4O. The van der Waals surface area contributed by atoms with Crippen LogP contribution in [-0.2, 0) is 4.79 Å². The van der Waals surface area contributed by atoms with Crippen molar-refractivity contribution in [3.8, 4) is 0 Å². The molecular weight excluding hydrogens is 296 g/mol. The van der Waals surface area contributed by atoms with Crippen molar-refractivity contribution in [1.29, 1.82) is 0 Å². The Hall–Kier alpha value is -0.950. The molecule has 0 saturated carbocycles. The van der Waals surface area contributed by atoms with Crippen molar-refractivity contribution in [2.75, 3.05) is 13.2 Å². The first-order valence-corrected chi connectivity index (χ1v) is 6.79. The third kappa shape index (κ3) is 2.29. The summed E-state index contributed by atoms with van der Waals surface area (Å²) >= 11 is 3.43. The number of carbonyl (C=O) groups excluding carboxylic acids is 1. The Morgan fingerprint density at radius 1 is 1.17 bits per heavy atom. The van der Waals surface area contributed by atoms with Gasteiger partial charge in [0.1, 0.15) is 6.04 Å². The van der Waals surface area contributed by atoms with E-state index in [-0.39, 0.29) is 24.2 Å². The highest BCUT2D eigenvalue weighted by atomic mass is 79.9. The van der Waals surface area contributed by atoms with Gasteiger partial charge < -0.3 is 10.6 Å². The fourth-order valence-corrected chi connectivity index (χ4v) is 2.69. The van der Waals surface area contributed by atoms with Gasteiger partial charge in [0, 0.05) is 17.1 Å². The van der Waals surface area contributed by atoms with Gasteiger partial charge in [-0.1, -0.05) is 28.1 Å². The predicted molar refractivity (Wildman–Crippen MR) is 71.7 cm³/mol. The molecule has 0 radical (unpaired) electrons. The first kappa shape index (κ1) is 12.1. The van der Waals surface area contributed by atoms with Crippen molar-refractivity contribution < 1.29 is 4.79 Å². The van der Waals surface area contributed by atoms with E-state index in [0.717, 1.165) is 11.0 Å². The van der Waals surface area contributed by atoms with Crippen LogP contribution in [0.3, 0.4) is 0 Å². The number of hydrogen-bond donors (Lipinski definition) is 4. The molecule has 2 aliphatic heterocycles. The second kappa shape index (κ2) is 4.97. The molecule has 6 heteroatoms. The van der Waals surface area contributed by atoms with Gasteiger partial charge in [-0.3, -0.25) is 15.4 Å². The molecule has 1 aromatic rings. The van der Waals surface area contributed by atoms with E-state index in [0.29, 0.717) is 6.67 Å². The minimum Gasteiger partial charge on any atom is -0.342 e. The van der Waals surface area contributed by atoms with Crippen molar-refractivity contribution in [1.82, 2.24) is 21.3 Å². The fraction of sp³-hybridized carbons (Fsp3) is 0.417. The average molecular weight is 311 g/mol. The lowest BCUT2D eigenvalue weighted by Crippen LogP contribution is -2.72. The van der Waals surface area contributed by atoms with Crippen molar-refractivity contribution >= 4 is 21.8 Å². The molecule has 0 aliphatic carbocycles. The monoisotopic (exact) mass is 310 g/mol. The lowest BCUT2D eigenvalue weighted by molar-refractivity contribution is -0.126. The topological polar surface area (TPSA) is 65.2 Å². The summed E-state index contributed by atoms with van der Waals surface area (Å²) in [4.78, 5) is 11.7. The number of hydrogen-bond acceptors (Lipinski definition) is 4. The van der Waals surface area contributed by atoms with Crippen molar-refractivity contribution in [2.24, 2.45) is 0 Å². The van der Waals surface area contributed by atoms with Gasteiger partial charge in [-0.05, 0) is 17.7 Å². The second-order valence-corrected chi connectivity index (χ2v) is 5.47. The molecule has 0 aromatic heterocycles. The summed E-state index contributed by atoms with van der Waals surface area (Å²) in [5.74, 6) is 0.0560. The van der Waals surface area contributed by atoms with E-state index in [1.807, 2.05) is 12.1 Å². The van der Waals surface area contributed by atoms with Crippen LogP contribution in [0.5, 0.6) is 0 Å². The summed E-state index contributed by atoms with van der Waals surface area (Å²) in [5.41, 5.74) is 1.22. The Morgan fingerprint density at radius 3 is 2.72 bits per heavy atom. The predicted octanol–water partition coefficient (Wildman–Crippen LogP) is 0.0546. The Bertz CT molecular complexity index is 450. The van der Waals surface area contributed by atoms with Gasteiger partial charge >= 0.3 is 0 Å². The molecule has 2 fully saturated rings. The number of amides is 1. The largest absolute Gasteiger partial charge is 0.342 e. The highest BCUT2D eigenvalue weighted by Crippen LogP contribution is 2.20. The zero-order valence-corrected chi connectivity index (χ0v) is 11.3. The summed E-state index contributed by atoms with van der Waals surface area (Å²) in [6, 6.07) is 8.27. The summed E-state index contributed by atoms with van der Waals surface area (Å²) in [5, 5.41) is 12.8. The molecule has 18 heavy (non-hydrogen) atoms. The minimum atomic E-state index is -0.189. The van der Waals surface area contributed by atoms with Gasteiger partial charge in [-0.25, -0.2) is 0 Å². The van der Waals surface area contributed by atoms with Gasteiger partial charge in [0.05, 0.1) is 12.8 Å².